The van der Waals surface area contributed by atoms with Crippen LogP contribution in [0.1, 0.15) is 38.4 Å². The first-order chi connectivity index (χ1) is 10.5. The van der Waals surface area contributed by atoms with Crippen LogP contribution >= 0.6 is 0 Å². The fourth-order valence-corrected chi connectivity index (χ4v) is 2.04. The SMILES string of the molecule is CCCN(CCC(O)c1ccc([N+](=O)[O-])cc1)C(=O)OCC. The quantitative estimate of drug-likeness (QED) is 0.588. The maximum Gasteiger partial charge on any atom is 0.409 e. The van der Waals surface area contributed by atoms with E-state index in [1.54, 1.807) is 11.8 Å². The van der Waals surface area contributed by atoms with Gasteiger partial charge < -0.3 is 14.7 Å². The second-order valence-electron chi connectivity index (χ2n) is 4.84. The van der Waals surface area contributed by atoms with E-state index in [0.717, 1.165) is 6.42 Å². The van der Waals surface area contributed by atoms with Gasteiger partial charge in [-0.1, -0.05) is 6.92 Å². The first-order valence-corrected chi connectivity index (χ1v) is 7.33. The Morgan fingerprint density at radius 1 is 1.32 bits per heavy atom. The molecule has 22 heavy (non-hydrogen) atoms. The Morgan fingerprint density at radius 3 is 2.45 bits per heavy atom. The van der Waals surface area contributed by atoms with Crippen molar-refractivity contribution >= 4 is 11.8 Å². The van der Waals surface area contributed by atoms with Crippen LogP contribution in [0, 0.1) is 10.1 Å². The summed E-state index contributed by atoms with van der Waals surface area (Å²) in [6.07, 6.45) is -0.0295. The summed E-state index contributed by atoms with van der Waals surface area (Å²) in [5, 5.41) is 20.7. The van der Waals surface area contributed by atoms with Gasteiger partial charge in [0.05, 0.1) is 17.6 Å². The van der Waals surface area contributed by atoms with Crippen molar-refractivity contribution in [3.63, 3.8) is 0 Å². The molecule has 1 rings (SSSR count). The average Bonchev–Trinajstić information content (AvgIpc) is 2.51. The summed E-state index contributed by atoms with van der Waals surface area (Å²) in [6, 6.07) is 5.76. The van der Waals surface area contributed by atoms with Crippen LogP contribution in [-0.4, -0.2) is 40.7 Å². The molecule has 1 aromatic carbocycles. The summed E-state index contributed by atoms with van der Waals surface area (Å²) >= 11 is 0. The third-order valence-electron chi connectivity index (χ3n) is 3.18. The Morgan fingerprint density at radius 2 is 1.95 bits per heavy atom. The van der Waals surface area contributed by atoms with E-state index < -0.39 is 11.0 Å². The molecule has 0 fully saturated rings. The van der Waals surface area contributed by atoms with Crippen LogP contribution in [0.4, 0.5) is 10.5 Å². The first kappa shape index (κ1) is 17.9. The van der Waals surface area contributed by atoms with Gasteiger partial charge in [-0.25, -0.2) is 4.79 Å². The van der Waals surface area contributed by atoms with E-state index in [9.17, 15) is 20.0 Å². The van der Waals surface area contributed by atoms with Crippen molar-refractivity contribution in [1.82, 2.24) is 4.90 Å². The van der Waals surface area contributed by atoms with Crippen LogP contribution in [0.5, 0.6) is 0 Å². The molecule has 0 aliphatic rings. The number of hydrogen-bond donors (Lipinski definition) is 1. The molecule has 1 N–H and O–H groups in total. The highest BCUT2D eigenvalue weighted by Crippen LogP contribution is 2.20. The molecule has 122 valence electrons. The molecule has 1 atom stereocenters. The predicted octanol–water partition coefficient (Wildman–Crippen LogP) is 2.89. The molecule has 0 aromatic heterocycles. The van der Waals surface area contributed by atoms with Crippen molar-refractivity contribution < 1.29 is 19.6 Å². The van der Waals surface area contributed by atoms with Crippen molar-refractivity contribution in [3.8, 4) is 0 Å². The topological polar surface area (TPSA) is 92.9 Å². The van der Waals surface area contributed by atoms with Gasteiger partial charge in [0.25, 0.3) is 5.69 Å². The van der Waals surface area contributed by atoms with Crippen molar-refractivity contribution in [2.45, 2.75) is 32.8 Å². The third kappa shape index (κ3) is 5.33. The van der Waals surface area contributed by atoms with Gasteiger partial charge in [-0.15, -0.1) is 0 Å². The number of nitro groups is 1. The number of hydrogen-bond acceptors (Lipinski definition) is 5. The molecule has 7 heteroatoms. The zero-order valence-corrected chi connectivity index (χ0v) is 12.9. The van der Waals surface area contributed by atoms with E-state index >= 15 is 0 Å². The Bertz CT molecular complexity index is 489. The molecule has 0 spiro atoms. The van der Waals surface area contributed by atoms with E-state index in [-0.39, 0.29) is 11.8 Å². The van der Waals surface area contributed by atoms with Crippen LogP contribution in [-0.2, 0) is 4.74 Å². The number of nitro benzene ring substituents is 1. The maximum absolute atomic E-state index is 11.7. The van der Waals surface area contributed by atoms with Gasteiger partial charge in [0.15, 0.2) is 0 Å². The second kappa shape index (κ2) is 8.99. The minimum Gasteiger partial charge on any atom is -0.450 e. The maximum atomic E-state index is 11.7. The highest BCUT2D eigenvalue weighted by Gasteiger charge is 2.17. The van der Waals surface area contributed by atoms with Gasteiger partial charge in [0.2, 0.25) is 0 Å². The van der Waals surface area contributed by atoms with Crippen LogP contribution in [0.15, 0.2) is 24.3 Å². The summed E-state index contributed by atoms with van der Waals surface area (Å²) in [7, 11) is 0. The Labute approximate surface area is 129 Å². The number of non-ortho nitro benzene ring substituents is 1. The summed E-state index contributed by atoms with van der Waals surface area (Å²) in [6.45, 7) is 4.94. The zero-order chi connectivity index (χ0) is 16.5. The number of carbonyl (C=O) groups is 1. The largest absolute Gasteiger partial charge is 0.450 e. The lowest BCUT2D eigenvalue weighted by molar-refractivity contribution is -0.384. The van der Waals surface area contributed by atoms with Crippen LogP contribution in [0.25, 0.3) is 0 Å². The summed E-state index contributed by atoms with van der Waals surface area (Å²) in [5.74, 6) is 0. The number of rotatable bonds is 8. The standard InChI is InChI=1S/C15H22N2O5/c1-3-10-16(15(19)22-4-2)11-9-14(18)12-5-7-13(8-6-12)17(20)21/h5-8,14,18H,3-4,9-11H2,1-2H3. The summed E-state index contributed by atoms with van der Waals surface area (Å²) < 4.78 is 4.97. The van der Waals surface area contributed by atoms with E-state index in [0.29, 0.717) is 31.7 Å². The van der Waals surface area contributed by atoms with Gasteiger partial charge >= 0.3 is 6.09 Å². The lowest BCUT2D eigenvalue weighted by Gasteiger charge is -2.22. The van der Waals surface area contributed by atoms with Crippen LogP contribution in [0.3, 0.4) is 0 Å². The summed E-state index contributed by atoms with van der Waals surface area (Å²) in [4.78, 5) is 23.4. The number of aliphatic hydroxyl groups excluding tert-OH is 1. The average molecular weight is 310 g/mol. The molecule has 0 heterocycles. The molecule has 0 saturated heterocycles. The molecule has 0 bridgehead atoms. The first-order valence-electron chi connectivity index (χ1n) is 7.33. The zero-order valence-electron chi connectivity index (χ0n) is 12.9. The van der Waals surface area contributed by atoms with Crippen LogP contribution in [0.2, 0.25) is 0 Å². The van der Waals surface area contributed by atoms with Gasteiger partial charge in [-0.05, 0) is 37.5 Å². The van der Waals surface area contributed by atoms with E-state index in [4.69, 9.17) is 4.74 Å². The monoisotopic (exact) mass is 310 g/mol. The molecule has 1 unspecified atom stereocenters. The molecule has 0 aliphatic carbocycles. The lowest BCUT2D eigenvalue weighted by atomic mass is 10.1. The Balaban J connectivity index is 2.60. The van der Waals surface area contributed by atoms with E-state index in [2.05, 4.69) is 0 Å². The van der Waals surface area contributed by atoms with Crippen molar-refractivity contribution in [2.75, 3.05) is 19.7 Å². The fourth-order valence-electron chi connectivity index (χ4n) is 2.04. The van der Waals surface area contributed by atoms with Gasteiger partial charge in [0, 0.05) is 25.2 Å². The molecule has 0 radical (unpaired) electrons. The van der Waals surface area contributed by atoms with E-state index in [1.807, 2.05) is 6.92 Å². The molecule has 7 nitrogen and oxygen atoms in total. The number of nitrogens with zero attached hydrogens (tertiary/aromatic N) is 2. The normalized spacial score (nSPS) is 11.8. The number of amides is 1. The highest BCUT2D eigenvalue weighted by atomic mass is 16.6. The molecule has 0 saturated carbocycles. The predicted molar refractivity (Wildman–Crippen MR) is 81.6 cm³/mol. The minimum atomic E-state index is -0.783. The van der Waals surface area contributed by atoms with Crippen molar-refractivity contribution in [3.05, 3.63) is 39.9 Å². The summed E-state index contributed by atoms with van der Waals surface area (Å²) in [5.41, 5.74) is 0.570. The fraction of sp³-hybridized carbons (Fsp3) is 0.533. The Hall–Kier alpha value is -2.15. The van der Waals surface area contributed by atoms with Gasteiger partial charge in [-0.2, -0.15) is 0 Å². The van der Waals surface area contributed by atoms with E-state index in [1.165, 1.54) is 24.3 Å². The van der Waals surface area contributed by atoms with Gasteiger partial charge in [0.1, 0.15) is 0 Å². The number of carbonyl (C=O) groups excluding carboxylic acids is 1. The third-order valence-corrected chi connectivity index (χ3v) is 3.18. The molecular formula is C15H22N2O5. The second-order valence-corrected chi connectivity index (χ2v) is 4.84. The molecular weight excluding hydrogens is 288 g/mol. The Kier molecular flexibility index (Phi) is 7.31. The highest BCUT2D eigenvalue weighted by molar-refractivity contribution is 5.67. The van der Waals surface area contributed by atoms with Gasteiger partial charge in [-0.3, -0.25) is 10.1 Å². The molecule has 0 aliphatic heterocycles. The number of benzene rings is 1. The minimum absolute atomic E-state index is 0.0184. The number of aliphatic hydroxyl groups is 1. The molecule has 1 aromatic rings. The lowest BCUT2D eigenvalue weighted by Crippen LogP contribution is -2.34. The smallest absolute Gasteiger partial charge is 0.409 e. The van der Waals surface area contributed by atoms with Crippen molar-refractivity contribution in [1.29, 1.82) is 0 Å². The molecule has 1 amide bonds. The number of ether oxygens (including phenoxy) is 1. The van der Waals surface area contributed by atoms with Crippen molar-refractivity contribution in [2.24, 2.45) is 0 Å². The van der Waals surface area contributed by atoms with Crippen LogP contribution < -0.4 is 0 Å².